The predicted octanol–water partition coefficient (Wildman–Crippen LogP) is 5.39. The molecule has 0 spiro atoms. The van der Waals surface area contributed by atoms with E-state index in [1.165, 1.54) is 14.9 Å². The third-order valence-corrected chi connectivity index (χ3v) is 5.79. The van der Waals surface area contributed by atoms with Crippen molar-refractivity contribution in [1.29, 1.82) is 0 Å². The molecule has 0 nitrogen and oxygen atoms in total. The first kappa shape index (κ1) is 9.97. The van der Waals surface area contributed by atoms with Gasteiger partial charge in [0.05, 0.1) is 12.9 Å². The second-order valence-corrected chi connectivity index (χ2v) is 7.94. The lowest BCUT2D eigenvalue weighted by atomic mass is 10.2. The van der Waals surface area contributed by atoms with Crippen molar-refractivity contribution in [1.82, 2.24) is 0 Å². The van der Waals surface area contributed by atoms with Crippen LogP contribution in [0.15, 0.2) is 7.57 Å². The first-order chi connectivity index (χ1) is 5.61. The summed E-state index contributed by atoms with van der Waals surface area (Å²) in [5.74, 6) is 0. The van der Waals surface area contributed by atoms with Crippen molar-refractivity contribution < 1.29 is 0 Å². The molecule has 5 heteroatoms. The van der Waals surface area contributed by atoms with E-state index in [9.17, 15) is 0 Å². The zero-order valence-corrected chi connectivity index (χ0v) is 12.1. The van der Waals surface area contributed by atoms with Gasteiger partial charge in [-0.25, -0.2) is 0 Å². The van der Waals surface area contributed by atoms with Gasteiger partial charge in [0.1, 0.15) is 0 Å². The number of fused-ring (bicyclic) bond motifs is 1. The van der Waals surface area contributed by atoms with Gasteiger partial charge in [0.25, 0.3) is 0 Å². The largest absolute Gasteiger partial charge is 0.121 e. The molecule has 1 aromatic rings. The molecule has 12 heavy (non-hydrogen) atoms. The van der Waals surface area contributed by atoms with Crippen molar-refractivity contribution in [3.05, 3.63) is 18.7 Å². The Labute approximate surface area is 105 Å². The monoisotopic (exact) mass is 392 g/mol. The molecule has 0 aliphatic heterocycles. The third-order valence-electron chi connectivity index (χ3n) is 1.93. The van der Waals surface area contributed by atoms with Crippen LogP contribution in [0.3, 0.4) is 0 Å². The Morgan fingerprint density at radius 3 is 2.42 bits per heavy atom. The normalized spacial score (nSPS) is 27.7. The van der Waals surface area contributed by atoms with E-state index in [-0.39, 0.29) is 5.38 Å². The summed E-state index contributed by atoms with van der Waals surface area (Å²) >= 11 is 18.5. The van der Waals surface area contributed by atoms with Gasteiger partial charge in [-0.2, -0.15) is 0 Å². The molecule has 0 saturated heterocycles. The summed E-state index contributed by atoms with van der Waals surface area (Å²) in [4.78, 5) is 0.409. The number of alkyl halides is 2. The van der Waals surface area contributed by atoms with E-state index in [4.69, 9.17) is 11.6 Å². The van der Waals surface area contributed by atoms with E-state index >= 15 is 0 Å². The van der Waals surface area contributed by atoms with Crippen LogP contribution in [0.2, 0.25) is 0 Å². The van der Waals surface area contributed by atoms with Gasteiger partial charge in [-0.15, -0.1) is 22.9 Å². The van der Waals surface area contributed by atoms with Crippen molar-refractivity contribution in [3.8, 4) is 0 Å². The molecular formula is C7H4Br3ClS. The van der Waals surface area contributed by atoms with Crippen LogP contribution in [-0.2, 0) is 0 Å². The van der Waals surface area contributed by atoms with Gasteiger partial charge >= 0.3 is 0 Å². The predicted molar refractivity (Wildman–Crippen MR) is 64.6 cm³/mol. The van der Waals surface area contributed by atoms with Crippen molar-refractivity contribution in [2.45, 2.75) is 16.6 Å². The van der Waals surface area contributed by atoms with E-state index in [1.807, 2.05) is 0 Å². The van der Waals surface area contributed by atoms with Gasteiger partial charge in [-0.3, -0.25) is 0 Å². The zero-order valence-electron chi connectivity index (χ0n) is 5.78. The smallest absolute Gasteiger partial charge is 0.0760 e. The average Bonchev–Trinajstić information content (AvgIpc) is 2.38. The minimum absolute atomic E-state index is 0.154. The molecule has 1 heterocycles. The first-order valence-electron chi connectivity index (χ1n) is 3.37. The number of thiophene rings is 1. The second kappa shape index (κ2) is 3.54. The Morgan fingerprint density at radius 1 is 1.25 bits per heavy atom. The van der Waals surface area contributed by atoms with Crippen LogP contribution >= 0.6 is 70.7 Å². The first-order valence-corrected chi connectivity index (χ1v) is 7.12. The molecule has 66 valence electrons. The topological polar surface area (TPSA) is 0 Å². The molecule has 0 amide bonds. The van der Waals surface area contributed by atoms with Crippen LogP contribution in [0.4, 0.5) is 0 Å². The lowest BCUT2D eigenvalue weighted by Crippen LogP contribution is -1.79. The van der Waals surface area contributed by atoms with E-state index in [2.05, 4.69) is 47.8 Å². The van der Waals surface area contributed by atoms with E-state index < -0.39 is 0 Å². The summed E-state index contributed by atoms with van der Waals surface area (Å²) in [7, 11) is 0. The Bertz CT molecular complexity index is 294. The molecule has 0 N–H and O–H groups in total. The molecule has 0 saturated carbocycles. The minimum Gasteiger partial charge on any atom is -0.121 e. The summed E-state index contributed by atoms with van der Waals surface area (Å²) in [5, 5.41) is 0.154. The molecular weight excluding hydrogens is 391 g/mol. The minimum atomic E-state index is 0.154. The quantitative estimate of drug-likeness (QED) is 0.517. The SMILES string of the molecule is Cl[C@H]1C[C@@H](Br)c2c(Br)sc(Br)c21. The maximum Gasteiger partial charge on any atom is 0.0760 e. The summed E-state index contributed by atoms with van der Waals surface area (Å²) in [5.41, 5.74) is 2.59. The highest BCUT2D eigenvalue weighted by Gasteiger charge is 2.33. The van der Waals surface area contributed by atoms with Gasteiger partial charge in [0.2, 0.25) is 0 Å². The van der Waals surface area contributed by atoms with E-state index in [0.29, 0.717) is 4.83 Å². The number of hydrogen-bond donors (Lipinski definition) is 0. The van der Waals surface area contributed by atoms with Crippen LogP contribution in [-0.4, -0.2) is 0 Å². The molecule has 1 aliphatic rings. The van der Waals surface area contributed by atoms with Gasteiger partial charge < -0.3 is 0 Å². The van der Waals surface area contributed by atoms with Crippen molar-refractivity contribution in [3.63, 3.8) is 0 Å². The standard InChI is InChI=1S/C7H4Br3ClS/c8-2-1-3(11)5-4(2)6(9)12-7(5)10/h2-3H,1H2/t2-,3+/m1/s1. The van der Waals surface area contributed by atoms with Crippen LogP contribution < -0.4 is 0 Å². The summed E-state index contributed by atoms with van der Waals surface area (Å²) < 4.78 is 2.35. The Hall–Kier alpha value is 1.43. The molecule has 0 aromatic carbocycles. The molecule has 0 fully saturated rings. The molecule has 0 unspecified atom stereocenters. The average molecular weight is 395 g/mol. The van der Waals surface area contributed by atoms with Gasteiger partial charge in [-0.1, -0.05) is 15.9 Å². The fourth-order valence-electron chi connectivity index (χ4n) is 1.40. The third kappa shape index (κ3) is 1.44. The number of hydrogen-bond acceptors (Lipinski definition) is 1. The number of halogens is 4. The second-order valence-electron chi connectivity index (χ2n) is 2.65. The van der Waals surface area contributed by atoms with Crippen molar-refractivity contribution in [2.75, 3.05) is 0 Å². The van der Waals surface area contributed by atoms with Crippen LogP contribution in [0.25, 0.3) is 0 Å². The van der Waals surface area contributed by atoms with Crippen molar-refractivity contribution in [2.24, 2.45) is 0 Å². The lowest BCUT2D eigenvalue weighted by molar-refractivity contribution is 0.872. The Kier molecular flexibility index (Phi) is 2.94. The number of rotatable bonds is 0. The van der Waals surface area contributed by atoms with Gasteiger partial charge in [0.15, 0.2) is 0 Å². The molecule has 1 aliphatic carbocycles. The van der Waals surface area contributed by atoms with Crippen LogP contribution in [0.1, 0.15) is 27.8 Å². The molecule has 2 atom stereocenters. The van der Waals surface area contributed by atoms with Gasteiger partial charge in [-0.05, 0) is 43.8 Å². The van der Waals surface area contributed by atoms with Gasteiger partial charge in [0, 0.05) is 10.4 Å². The molecule has 0 bridgehead atoms. The summed E-state index contributed by atoms with van der Waals surface area (Å²) in [6.07, 6.45) is 0.983. The maximum atomic E-state index is 6.18. The highest BCUT2D eigenvalue weighted by Crippen LogP contribution is 2.55. The molecule has 1 aromatic heterocycles. The van der Waals surface area contributed by atoms with Crippen LogP contribution in [0, 0.1) is 0 Å². The highest BCUT2D eigenvalue weighted by molar-refractivity contribution is 9.12. The highest BCUT2D eigenvalue weighted by atomic mass is 79.9. The fourth-order valence-corrected chi connectivity index (χ4v) is 7.01. The maximum absolute atomic E-state index is 6.18. The van der Waals surface area contributed by atoms with E-state index in [1.54, 1.807) is 11.3 Å². The molecule has 0 radical (unpaired) electrons. The molecule has 2 rings (SSSR count). The lowest BCUT2D eigenvalue weighted by Gasteiger charge is -1.99. The fraction of sp³-hybridized carbons (Fsp3) is 0.429. The van der Waals surface area contributed by atoms with Crippen molar-refractivity contribution >= 4 is 70.7 Å². The Morgan fingerprint density at radius 2 is 1.83 bits per heavy atom. The Balaban J connectivity index is 2.62. The summed E-state index contributed by atoms with van der Waals surface area (Å²) in [6, 6.07) is 0. The summed E-state index contributed by atoms with van der Waals surface area (Å²) in [6.45, 7) is 0. The van der Waals surface area contributed by atoms with Crippen LogP contribution in [0.5, 0.6) is 0 Å². The van der Waals surface area contributed by atoms with E-state index in [0.717, 1.165) is 10.2 Å². The zero-order chi connectivity index (χ0) is 8.88.